The summed E-state index contributed by atoms with van der Waals surface area (Å²) in [5, 5.41) is 20.1. The topological polar surface area (TPSA) is 86.6 Å². The van der Waals surface area contributed by atoms with Gasteiger partial charge in [0.15, 0.2) is 0 Å². The number of aromatic nitrogens is 2. The van der Waals surface area contributed by atoms with Crippen molar-refractivity contribution in [3.63, 3.8) is 0 Å². The first-order valence-corrected chi connectivity index (χ1v) is 9.33. The maximum absolute atomic E-state index is 12.3. The van der Waals surface area contributed by atoms with Crippen molar-refractivity contribution in [2.75, 3.05) is 31.1 Å². The molecule has 2 saturated heterocycles. The van der Waals surface area contributed by atoms with Gasteiger partial charge in [0.05, 0.1) is 0 Å². The molecule has 1 aromatic rings. The van der Waals surface area contributed by atoms with Gasteiger partial charge in [0.25, 0.3) is 0 Å². The SMILES string of the molecule is CC(C)c1nnc(N2C[C@@H]3CN(C(=O)C4CC4)C[C@]3(C(=O)O)C2)s1. The van der Waals surface area contributed by atoms with Crippen LogP contribution in [0.1, 0.15) is 37.6 Å². The van der Waals surface area contributed by atoms with Gasteiger partial charge >= 0.3 is 5.97 Å². The first-order chi connectivity index (χ1) is 11.4. The van der Waals surface area contributed by atoms with Crippen LogP contribution in [0.2, 0.25) is 0 Å². The zero-order chi connectivity index (χ0) is 17.1. The Hall–Kier alpha value is -1.70. The van der Waals surface area contributed by atoms with Crippen molar-refractivity contribution in [3.05, 3.63) is 5.01 Å². The Bertz CT molecular complexity index is 687. The standard InChI is InChI=1S/C16H22N4O3S/c1-9(2)12-17-18-15(24-12)20-6-11-5-19(13(21)10-3-4-10)7-16(11,8-20)14(22)23/h9-11H,3-8H2,1-2H3,(H,22,23)/t11-,16-/m0/s1. The second-order valence-corrected chi connectivity index (χ2v) is 8.60. The molecule has 7 nitrogen and oxygen atoms in total. The van der Waals surface area contributed by atoms with E-state index in [0.29, 0.717) is 32.1 Å². The molecule has 24 heavy (non-hydrogen) atoms. The molecule has 3 aliphatic rings. The van der Waals surface area contributed by atoms with Gasteiger partial charge in [-0.15, -0.1) is 10.2 Å². The Balaban J connectivity index is 1.54. The van der Waals surface area contributed by atoms with E-state index in [9.17, 15) is 14.7 Å². The van der Waals surface area contributed by atoms with Crippen LogP contribution in [0.4, 0.5) is 5.13 Å². The van der Waals surface area contributed by atoms with Crippen LogP contribution in [-0.2, 0) is 9.59 Å². The van der Waals surface area contributed by atoms with E-state index in [1.54, 1.807) is 4.90 Å². The Kier molecular flexibility index (Phi) is 3.56. The molecular formula is C16H22N4O3S. The molecule has 3 fully saturated rings. The molecule has 0 unspecified atom stereocenters. The normalized spacial score (nSPS) is 29.4. The number of aliphatic carboxylic acids is 1. The first-order valence-electron chi connectivity index (χ1n) is 8.51. The first kappa shape index (κ1) is 15.8. The molecule has 0 spiro atoms. The number of carbonyl (C=O) groups excluding carboxylic acids is 1. The third kappa shape index (κ3) is 2.39. The van der Waals surface area contributed by atoms with E-state index in [0.717, 1.165) is 23.0 Å². The Labute approximate surface area is 144 Å². The van der Waals surface area contributed by atoms with E-state index in [1.807, 2.05) is 4.90 Å². The monoisotopic (exact) mass is 350 g/mol. The van der Waals surface area contributed by atoms with Gasteiger partial charge < -0.3 is 14.9 Å². The Morgan fingerprint density at radius 2 is 2.00 bits per heavy atom. The molecule has 130 valence electrons. The van der Waals surface area contributed by atoms with Gasteiger partial charge in [-0.2, -0.15) is 0 Å². The third-order valence-electron chi connectivity index (χ3n) is 5.47. The fourth-order valence-corrected chi connectivity index (χ4v) is 4.71. The zero-order valence-electron chi connectivity index (χ0n) is 13.9. The van der Waals surface area contributed by atoms with E-state index in [4.69, 9.17) is 0 Å². The number of fused-ring (bicyclic) bond motifs is 1. The number of hydrogen-bond acceptors (Lipinski definition) is 6. The Morgan fingerprint density at radius 1 is 1.25 bits per heavy atom. The minimum Gasteiger partial charge on any atom is -0.481 e. The lowest BCUT2D eigenvalue weighted by molar-refractivity contribution is -0.148. The molecule has 1 saturated carbocycles. The molecule has 1 amide bonds. The number of carboxylic acid groups (broad SMARTS) is 1. The van der Waals surface area contributed by atoms with E-state index in [1.165, 1.54) is 11.3 Å². The van der Waals surface area contributed by atoms with Crippen LogP contribution < -0.4 is 4.90 Å². The number of likely N-dealkylation sites (tertiary alicyclic amines) is 1. The largest absolute Gasteiger partial charge is 0.481 e. The summed E-state index contributed by atoms with van der Waals surface area (Å²) in [4.78, 5) is 28.2. The van der Waals surface area contributed by atoms with E-state index in [2.05, 4.69) is 24.0 Å². The lowest BCUT2D eigenvalue weighted by atomic mass is 9.81. The molecule has 0 bridgehead atoms. The van der Waals surface area contributed by atoms with E-state index >= 15 is 0 Å². The van der Waals surface area contributed by atoms with Gasteiger partial charge in [0, 0.05) is 43.9 Å². The summed E-state index contributed by atoms with van der Waals surface area (Å²) in [6, 6.07) is 0. The van der Waals surface area contributed by atoms with Crippen molar-refractivity contribution in [3.8, 4) is 0 Å². The van der Waals surface area contributed by atoms with Gasteiger partial charge in [0.2, 0.25) is 11.0 Å². The lowest BCUT2D eigenvalue weighted by Crippen LogP contribution is -2.42. The minimum absolute atomic E-state index is 0.0379. The van der Waals surface area contributed by atoms with Crippen molar-refractivity contribution in [2.24, 2.45) is 17.3 Å². The fraction of sp³-hybridized carbons (Fsp3) is 0.750. The quantitative estimate of drug-likeness (QED) is 0.884. The van der Waals surface area contributed by atoms with Crippen LogP contribution >= 0.6 is 11.3 Å². The second-order valence-electron chi connectivity index (χ2n) is 7.61. The highest BCUT2D eigenvalue weighted by Gasteiger charge is 2.59. The molecule has 0 radical (unpaired) electrons. The van der Waals surface area contributed by atoms with E-state index < -0.39 is 11.4 Å². The van der Waals surface area contributed by atoms with Crippen molar-refractivity contribution in [1.82, 2.24) is 15.1 Å². The van der Waals surface area contributed by atoms with Gasteiger partial charge in [-0.05, 0) is 12.8 Å². The highest BCUT2D eigenvalue weighted by atomic mass is 32.1. The number of anilines is 1. The number of carbonyl (C=O) groups is 2. The summed E-state index contributed by atoms with van der Waals surface area (Å²) in [7, 11) is 0. The van der Waals surface area contributed by atoms with Gasteiger partial charge in [-0.1, -0.05) is 25.2 Å². The number of nitrogens with zero attached hydrogens (tertiary/aromatic N) is 4. The maximum Gasteiger partial charge on any atom is 0.313 e. The molecule has 2 atom stereocenters. The van der Waals surface area contributed by atoms with Crippen LogP contribution in [0.15, 0.2) is 0 Å². The number of hydrogen-bond donors (Lipinski definition) is 1. The van der Waals surface area contributed by atoms with Crippen molar-refractivity contribution >= 4 is 28.3 Å². The molecule has 1 aliphatic carbocycles. The third-order valence-corrected chi connectivity index (χ3v) is 6.75. The molecule has 2 aliphatic heterocycles. The number of rotatable bonds is 4. The average molecular weight is 350 g/mol. The highest BCUT2D eigenvalue weighted by molar-refractivity contribution is 7.15. The summed E-state index contributed by atoms with van der Waals surface area (Å²) < 4.78 is 0. The minimum atomic E-state index is -0.867. The summed E-state index contributed by atoms with van der Waals surface area (Å²) in [5.41, 5.74) is -0.867. The summed E-state index contributed by atoms with van der Waals surface area (Å²) >= 11 is 1.54. The predicted octanol–water partition coefficient (Wildman–Crippen LogP) is 1.42. The van der Waals surface area contributed by atoms with Crippen molar-refractivity contribution in [1.29, 1.82) is 0 Å². The summed E-state index contributed by atoms with van der Waals surface area (Å²) in [5.74, 6) is -0.227. The molecular weight excluding hydrogens is 328 g/mol. The molecule has 1 N–H and O–H groups in total. The smallest absolute Gasteiger partial charge is 0.313 e. The molecule has 0 aromatic carbocycles. The zero-order valence-corrected chi connectivity index (χ0v) is 14.8. The van der Waals surface area contributed by atoms with Crippen LogP contribution in [0.3, 0.4) is 0 Å². The number of carboxylic acids is 1. The van der Waals surface area contributed by atoms with Crippen LogP contribution in [0.5, 0.6) is 0 Å². The lowest BCUT2D eigenvalue weighted by Gasteiger charge is -2.25. The number of amides is 1. The molecule has 1 aromatic heterocycles. The van der Waals surface area contributed by atoms with Crippen LogP contribution in [-0.4, -0.2) is 58.3 Å². The van der Waals surface area contributed by atoms with Crippen LogP contribution in [0.25, 0.3) is 0 Å². The van der Waals surface area contributed by atoms with Crippen molar-refractivity contribution in [2.45, 2.75) is 32.6 Å². The maximum atomic E-state index is 12.3. The van der Waals surface area contributed by atoms with Gasteiger partial charge in [-0.25, -0.2) is 0 Å². The van der Waals surface area contributed by atoms with Gasteiger partial charge in [-0.3, -0.25) is 9.59 Å². The predicted molar refractivity (Wildman–Crippen MR) is 89.1 cm³/mol. The molecule has 8 heteroatoms. The fourth-order valence-electron chi connectivity index (χ4n) is 3.86. The summed E-state index contributed by atoms with van der Waals surface area (Å²) in [6.07, 6.45) is 1.91. The summed E-state index contributed by atoms with van der Waals surface area (Å²) in [6.45, 7) is 6.07. The average Bonchev–Trinajstić information content (AvgIpc) is 2.97. The Morgan fingerprint density at radius 3 is 2.54 bits per heavy atom. The van der Waals surface area contributed by atoms with Gasteiger partial charge in [0.1, 0.15) is 10.4 Å². The van der Waals surface area contributed by atoms with E-state index in [-0.39, 0.29) is 17.7 Å². The molecule has 4 rings (SSSR count). The second kappa shape index (κ2) is 5.40. The molecule has 3 heterocycles. The highest BCUT2D eigenvalue weighted by Crippen LogP contribution is 2.46. The van der Waals surface area contributed by atoms with Crippen LogP contribution in [0, 0.1) is 17.3 Å². The van der Waals surface area contributed by atoms with Crippen molar-refractivity contribution < 1.29 is 14.7 Å².